The maximum Gasteiger partial charge on any atom is 0.259 e. The third-order valence-corrected chi connectivity index (χ3v) is 6.78. The van der Waals surface area contributed by atoms with E-state index in [9.17, 15) is 17.8 Å². The van der Waals surface area contributed by atoms with Gasteiger partial charge in [-0.2, -0.15) is 5.10 Å². The van der Waals surface area contributed by atoms with E-state index in [2.05, 4.69) is 20.4 Å². The van der Waals surface area contributed by atoms with Gasteiger partial charge in [0.05, 0.1) is 21.5 Å². The fourth-order valence-corrected chi connectivity index (χ4v) is 4.57. The van der Waals surface area contributed by atoms with Gasteiger partial charge in [-0.15, -0.1) is 0 Å². The number of nitrogens with zero attached hydrogens (tertiary/aromatic N) is 5. The Morgan fingerprint density at radius 1 is 1.30 bits per heavy atom. The number of carbonyl (C=O) groups excluding carboxylic acids is 1. The second kappa shape index (κ2) is 8.32. The first-order chi connectivity index (χ1) is 15.5. The molecule has 3 aromatic heterocycles. The zero-order chi connectivity index (χ0) is 24.0. The van der Waals surface area contributed by atoms with Gasteiger partial charge in [-0.1, -0.05) is 0 Å². The van der Waals surface area contributed by atoms with Crippen molar-refractivity contribution in [3.63, 3.8) is 0 Å². The van der Waals surface area contributed by atoms with Crippen molar-refractivity contribution >= 4 is 38.2 Å². The predicted molar refractivity (Wildman–Crippen MR) is 121 cm³/mol. The number of nitrogens with one attached hydrogen (secondary N) is 2. The second-order valence-electron chi connectivity index (χ2n) is 8.32. The van der Waals surface area contributed by atoms with Gasteiger partial charge in [0.1, 0.15) is 10.8 Å². The summed E-state index contributed by atoms with van der Waals surface area (Å²) in [5, 5.41) is 7.73. The van der Waals surface area contributed by atoms with Crippen molar-refractivity contribution < 1.29 is 17.8 Å². The van der Waals surface area contributed by atoms with E-state index in [1.807, 2.05) is 0 Å². The second-order valence-corrected chi connectivity index (χ2v) is 10.4. The van der Waals surface area contributed by atoms with E-state index in [0.717, 1.165) is 0 Å². The van der Waals surface area contributed by atoms with Crippen LogP contribution >= 0.6 is 0 Å². The first-order valence-electron chi connectivity index (χ1n) is 10.4. The number of aryl methyl sites for hydroxylation is 2. The fraction of sp³-hybridized carbons (Fsp3) is 0.429. The van der Waals surface area contributed by atoms with Crippen LogP contribution in [0.5, 0.6) is 0 Å². The molecular formula is C21H25F2N7O2S. The smallest absolute Gasteiger partial charge is 0.259 e. The summed E-state index contributed by atoms with van der Waals surface area (Å²) in [7, 11) is -1.33. The molecule has 2 N–H and O–H groups in total. The van der Waals surface area contributed by atoms with E-state index in [1.54, 1.807) is 29.7 Å². The maximum absolute atomic E-state index is 14.0. The zero-order valence-corrected chi connectivity index (χ0v) is 19.4. The van der Waals surface area contributed by atoms with E-state index in [1.165, 1.54) is 24.6 Å². The van der Waals surface area contributed by atoms with Crippen molar-refractivity contribution in [3.8, 4) is 0 Å². The van der Waals surface area contributed by atoms with Gasteiger partial charge in [0.2, 0.25) is 5.92 Å². The summed E-state index contributed by atoms with van der Waals surface area (Å²) in [6, 6.07) is 2.93. The fourth-order valence-electron chi connectivity index (χ4n) is 3.96. The highest BCUT2D eigenvalue weighted by atomic mass is 32.2. The van der Waals surface area contributed by atoms with Gasteiger partial charge in [0, 0.05) is 56.5 Å². The molecule has 0 bridgehead atoms. The minimum Gasteiger partial charge on any atom is -0.356 e. The van der Waals surface area contributed by atoms with Crippen molar-refractivity contribution in [1.82, 2.24) is 19.7 Å². The highest BCUT2D eigenvalue weighted by Crippen LogP contribution is 2.34. The van der Waals surface area contributed by atoms with Gasteiger partial charge < -0.3 is 10.2 Å². The van der Waals surface area contributed by atoms with Crippen LogP contribution in [0, 0.1) is 11.7 Å². The highest BCUT2D eigenvalue weighted by molar-refractivity contribution is 7.91. The Labute approximate surface area is 190 Å². The quantitative estimate of drug-likeness (QED) is 0.593. The van der Waals surface area contributed by atoms with Gasteiger partial charge in [0.15, 0.2) is 5.65 Å². The van der Waals surface area contributed by atoms with Crippen molar-refractivity contribution in [2.75, 3.05) is 29.6 Å². The van der Waals surface area contributed by atoms with Crippen LogP contribution in [0.1, 0.15) is 35.2 Å². The Morgan fingerprint density at radius 3 is 2.79 bits per heavy atom. The summed E-state index contributed by atoms with van der Waals surface area (Å²) < 4.78 is 49.4. The molecule has 0 aliphatic carbocycles. The molecule has 1 aliphatic heterocycles. The van der Waals surface area contributed by atoms with Crippen molar-refractivity contribution in [2.45, 2.75) is 37.1 Å². The number of rotatable bonds is 4. The van der Waals surface area contributed by atoms with E-state index >= 15 is 0 Å². The van der Waals surface area contributed by atoms with Crippen LogP contribution in [0.2, 0.25) is 0 Å². The van der Waals surface area contributed by atoms with E-state index < -0.39 is 21.6 Å². The molecule has 9 nitrogen and oxygen atoms in total. The number of aromatic nitrogens is 4. The predicted octanol–water partition coefficient (Wildman–Crippen LogP) is 3.59. The average Bonchev–Trinajstić information content (AvgIpc) is 3.00. The van der Waals surface area contributed by atoms with Crippen LogP contribution in [0.3, 0.4) is 0 Å². The van der Waals surface area contributed by atoms with Crippen LogP contribution in [0.4, 0.5) is 20.3 Å². The van der Waals surface area contributed by atoms with Gasteiger partial charge >= 0.3 is 0 Å². The molecular weight excluding hydrogens is 452 g/mol. The Hall–Kier alpha value is -3.15. The molecule has 0 spiro atoms. The Morgan fingerprint density at radius 2 is 2.06 bits per heavy atom. The number of halogens is 2. The molecule has 1 amide bonds. The van der Waals surface area contributed by atoms with E-state index in [4.69, 9.17) is 4.78 Å². The highest BCUT2D eigenvalue weighted by Gasteiger charge is 2.34. The largest absolute Gasteiger partial charge is 0.356 e. The first-order valence-corrected chi connectivity index (χ1v) is 12.4. The minimum absolute atomic E-state index is 0.0489. The minimum atomic E-state index is -3.07. The molecule has 3 aromatic rings. The molecule has 0 radical (unpaired) electrons. The lowest BCUT2D eigenvalue weighted by atomic mass is 10.1. The number of fused-ring (bicyclic) bond motifs is 1. The number of hydrogen-bond acceptors (Lipinski definition) is 7. The first kappa shape index (κ1) is 23.0. The maximum atomic E-state index is 14.0. The Kier molecular flexibility index (Phi) is 5.81. The van der Waals surface area contributed by atoms with Gasteiger partial charge in [0.25, 0.3) is 5.91 Å². The summed E-state index contributed by atoms with van der Waals surface area (Å²) in [5.74, 6) is -2.91. The lowest BCUT2D eigenvalue weighted by Gasteiger charge is -2.25. The molecule has 1 fully saturated rings. The summed E-state index contributed by atoms with van der Waals surface area (Å²) in [6.07, 6.45) is 3.99. The zero-order valence-electron chi connectivity index (χ0n) is 18.6. The topological polar surface area (TPSA) is 117 Å². The van der Waals surface area contributed by atoms with Crippen LogP contribution in [-0.4, -0.2) is 55.1 Å². The molecule has 1 saturated heterocycles. The molecule has 1 unspecified atom stereocenters. The SMILES string of the molecule is Cc1c(C(=O)Nc2ccnc(S(C)(=N)=O)c2)c(N2CCCC(F)(F)CC2)nc2c1cnn2C. The third-order valence-electron chi connectivity index (χ3n) is 5.76. The van der Waals surface area contributed by atoms with E-state index in [0.29, 0.717) is 34.6 Å². The Balaban J connectivity index is 1.78. The van der Waals surface area contributed by atoms with Gasteiger partial charge in [-0.05, 0) is 31.0 Å². The summed E-state index contributed by atoms with van der Waals surface area (Å²) >= 11 is 0. The molecule has 1 aliphatic rings. The number of amides is 1. The lowest BCUT2D eigenvalue weighted by molar-refractivity contribution is -0.0102. The number of carbonyl (C=O) groups is 1. The van der Waals surface area contributed by atoms with Crippen molar-refractivity contribution in [2.24, 2.45) is 7.05 Å². The monoisotopic (exact) mass is 477 g/mol. The summed E-state index contributed by atoms with van der Waals surface area (Å²) in [4.78, 5) is 23.8. The molecule has 12 heteroatoms. The van der Waals surface area contributed by atoms with Crippen LogP contribution in [-0.2, 0) is 16.8 Å². The van der Waals surface area contributed by atoms with Crippen LogP contribution < -0.4 is 10.2 Å². The van der Waals surface area contributed by atoms with Crippen LogP contribution in [0.15, 0.2) is 29.6 Å². The number of alkyl halides is 2. The Bertz CT molecular complexity index is 1340. The molecule has 176 valence electrons. The van der Waals surface area contributed by atoms with Crippen molar-refractivity contribution in [3.05, 3.63) is 35.7 Å². The van der Waals surface area contributed by atoms with Crippen molar-refractivity contribution in [1.29, 1.82) is 4.78 Å². The normalized spacial score (nSPS) is 18.0. The summed E-state index contributed by atoms with van der Waals surface area (Å²) in [5.41, 5.74) is 1.78. The third kappa shape index (κ3) is 4.65. The molecule has 33 heavy (non-hydrogen) atoms. The van der Waals surface area contributed by atoms with Crippen LogP contribution in [0.25, 0.3) is 11.0 Å². The van der Waals surface area contributed by atoms with Gasteiger partial charge in [-0.25, -0.2) is 27.7 Å². The number of anilines is 2. The lowest BCUT2D eigenvalue weighted by Crippen LogP contribution is -2.30. The molecule has 4 heterocycles. The standard InChI is InChI=1S/C21H25F2N7O2S/c1-13-15-12-26-29(2)18(15)28-19(30-9-4-6-21(22,23)7-10-30)17(13)20(31)27-14-5-8-25-16(11-14)33(3,24)32/h5,8,11-12,24H,4,6-7,9-10H2,1-3H3,(H,25,27,31). The molecule has 1 atom stereocenters. The van der Waals surface area contributed by atoms with Gasteiger partial charge in [-0.3, -0.25) is 9.48 Å². The summed E-state index contributed by atoms with van der Waals surface area (Å²) in [6.45, 7) is 2.19. The molecule has 4 rings (SSSR count). The number of hydrogen-bond donors (Lipinski definition) is 2. The average molecular weight is 478 g/mol. The number of pyridine rings is 2. The molecule has 0 aromatic carbocycles. The molecule has 0 saturated carbocycles. The van der Waals surface area contributed by atoms with E-state index in [-0.39, 0.29) is 36.4 Å².